The highest BCUT2D eigenvalue weighted by molar-refractivity contribution is 7.09. The van der Waals surface area contributed by atoms with E-state index in [0.717, 1.165) is 6.42 Å². The molecule has 1 aromatic rings. The predicted octanol–water partition coefficient (Wildman–Crippen LogP) is 1.39. The molecular weight excluding hydrogens is 232 g/mol. The molecule has 1 atom stereocenters. The van der Waals surface area contributed by atoms with E-state index in [4.69, 9.17) is 5.84 Å². The zero-order chi connectivity index (χ0) is 12.3. The summed E-state index contributed by atoms with van der Waals surface area (Å²) in [7, 11) is 0. The highest BCUT2D eigenvalue weighted by Crippen LogP contribution is 2.26. The first kappa shape index (κ1) is 13.0. The Morgan fingerprint density at radius 2 is 2.24 bits per heavy atom. The lowest BCUT2D eigenvalue weighted by Gasteiger charge is -2.41. The standard InChI is InChI=1S/C12H22N4S/c1-12(2,16-5-3-4-6-16)11(15-13)7-10-8-14-9-17-10/h8-9,11,15H,3-7,13H2,1-2H3. The number of nitrogens with one attached hydrogen (secondary N) is 1. The second-order valence-electron chi connectivity index (χ2n) is 5.24. The van der Waals surface area contributed by atoms with Crippen LogP contribution in [0.4, 0.5) is 0 Å². The van der Waals surface area contributed by atoms with Gasteiger partial charge >= 0.3 is 0 Å². The van der Waals surface area contributed by atoms with Crippen molar-refractivity contribution in [3.05, 3.63) is 16.6 Å². The third-order valence-corrected chi connectivity index (χ3v) is 4.67. The summed E-state index contributed by atoms with van der Waals surface area (Å²) >= 11 is 1.70. The van der Waals surface area contributed by atoms with Gasteiger partial charge in [-0.25, -0.2) is 0 Å². The molecule has 3 N–H and O–H groups in total. The van der Waals surface area contributed by atoms with Crippen LogP contribution in [0.5, 0.6) is 0 Å². The molecule has 17 heavy (non-hydrogen) atoms. The number of likely N-dealkylation sites (tertiary alicyclic amines) is 1. The van der Waals surface area contributed by atoms with E-state index in [2.05, 4.69) is 29.2 Å². The van der Waals surface area contributed by atoms with Gasteiger partial charge in [0, 0.05) is 29.1 Å². The smallest absolute Gasteiger partial charge is 0.0794 e. The molecule has 2 rings (SSSR count). The van der Waals surface area contributed by atoms with Crippen molar-refractivity contribution in [1.29, 1.82) is 0 Å². The van der Waals surface area contributed by atoms with Crippen molar-refractivity contribution in [2.45, 2.75) is 44.7 Å². The Hall–Kier alpha value is -0.490. The second kappa shape index (κ2) is 5.44. The van der Waals surface area contributed by atoms with E-state index < -0.39 is 0 Å². The molecule has 0 bridgehead atoms. The van der Waals surface area contributed by atoms with Crippen LogP contribution in [0.1, 0.15) is 31.6 Å². The van der Waals surface area contributed by atoms with E-state index in [0.29, 0.717) is 0 Å². The molecule has 1 aliphatic rings. The Labute approximate surface area is 107 Å². The van der Waals surface area contributed by atoms with Gasteiger partial charge in [-0.15, -0.1) is 11.3 Å². The fraction of sp³-hybridized carbons (Fsp3) is 0.750. The summed E-state index contributed by atoms with van der Waals surface area (Å²) in [4.78, 5) is 7.96. The highest BCUT2D eigenvalue weighted by atomic mass is 32.1. The van der Waals surface area contributed by atoms with Crippen molar-refractivity contribution in [2.75, 3.05) is 13.1 Å². The van der Waals surface area contributed by atoms with Crippen LogP contribution < -0.4 is 11.3 Å². The second-order valence-corrected chi connectivity index (χ2v) is 6.21. The van der Waals surface area contributed by atoms with Crippen LogP contribution in [0.2, 0.25) is 0 Å². The summed E-state index contributed by atoms with van der Waals surface area (Å²) in [5.41, 5.74) is 4.97. The van der Waals surface area contributed by atoms with Crippen LogP contribution in [0.25, 0.3) is 0 Å². The molecule has 0 aromatic carbocycles. The van der Waals surface area contributed by atoms with E-state index in [1.165, 1.54) is 30.8 Å². The Balaban J connectivity index is 2.05. The molecule has 5 heteroatoms. The van der Waals surface area contributed by atoms with Gasteiger partial charge in [0.05, 0.1) is 5.51 Å². The van der Waals surface area contributed by atoms with Crippen molar-refractivity contribution < 1.29 is 0 Å². The van der Waals surface area contributed by atoms with Crippen LogP contribution in [0.15, 0.2) is 11.7 Å². The number of hydrogen-bond acceptors (Lipinski definition) is 5. The number of hydrazine groups is 1. The molecule has 0 amide bonds. The summed E-state index contributed by atoms with van der Waals surface area (Å²) in [6, 6.07) is 0.265. The van der Waals surface area contributed by atoms with E-state index in [1.807, 2.05) is 11.7 Å². The first-order chi connectivity index (χ1) is 8.14. The molecule has 0 radical (unpaired) electrons. The summed E-state index contributed by atoms with van der Waals surface area (Å²) in [6.07, 6.45) is 5.50. The van der Waals surface area contributed by atoms with Gasteiger partial charge in [-0.05, 0) is 39.8 Å². The summed E-state index contributed by atoms with van der Waals surface area (Å²) in [6.45, 7) is 6.94. The van der Waals surface area contributed by atoms with Crippen molar-refractivity contribution in [3.8, 4) is 0 Å². The van der Waals surface area contributed by atoms with Gasteiger partial charge in [-0.2, -0.15) is 0 Å². The van der Waals surface area contributed by atoms with Crippen LogP contribution in [-0.2, 0) is 6.42 Å². The molecule has 1 saturated heterocycles. The minimum absolute atomic E-state index is 0.0925. The first-order valence-corrected chi connectivity index (χ1v) is 7.11. The van der Waals surface area contributed by atoms with Crippen molar-refractivity contribution in [1.82, 2.24) is 15.3 Å². The normalized spacial score (nSPS) is 19.7. The molecule has 1 aliphatic heterocycles. The maximum Gasteiger partial charge on any atom is 0.0794 e. The first-order valence-electron chi connectivity index (χ1n) is 6.23. The van der Waals surface area contributed by atoms with Crippen molar-refractivity contribution in [3.63, 3.8) is 0 Å². The summed E-state index contributed by atoms with van der Waals surface area (Å²) in [5, 5.41) is 0. The van der Waals surface area contributed by atoms with Gasteiger partial charge < -0.3 is 0 Å². The maximum atomic E-state index is 5.75. The van der Waals surface area contributed by atoms with E-state index in [-0.39, 0.29) is 11.6 Å². The molecular formula is C12H22N4S. The van der Waals surface area contributed by atoms with Crippen molar-refractivity contribution in [2.24, 2.45) is 5.84 Å². The lowest BCUT2D eigenvalue weighted by Crippen LogP contribution is -2.59. The van der Waals surface area contributed by atoms with Crippen molar-refractivity contribution >= 4 is 11.3 Å². The molecule has 0 spiro atoms. The lowest BCUT2D eigenvalue weighted by atomic mass is 9.90. The third kappa shape index (κ3) is 2.85. The van der Waals surface area contributed by atoms with Gasteiger partial charge in [0.25, 0.3) is 0 Å². The molecule has 1 aromatic heterocycles. The average Bonchev–Trinajstić information content (AvgIpc) is 2.98. The molecule has 0 aliphatic carbocycles. The zero-order valence-corrected chi connectivity index (χ0v) is 11.5. The SMILES string of the molecule is CC(C)(C(Cc1cncs1)NN)N1CCCC1. The van der Waals surface area contributed by atoms with Crippen LogP contribution in [0.3, 0.4) is 0 Å². The van der Waals surface area contributed by atoms with Gasteiger partial charge in [-0.1, -0.05) is 0 Å². The largest absolute Gasteiger partial charge is 0.297 e. The zero-order valence-electron chi connectivity index (χ0n) is 10.6. The maximum absolute atomic E-state index is 5.75. The number of aromatic nitrogens is 1. The quantitative estimate of drug-likeness (QED) is 0.616. The minimum atomic E-state index is 0.0925. The van der Waals surface area contributed by atoms with Crippen LogP contribution in [-0.4, -0.2) is 34.6 Å². The van der Waals surface area contributed by atoms with Crippen LogP contribution in [0, 0.1) is 0 Å². The monoisotopic (exact) mass is 254 g/mol. The average molecular weight is 254 g/mol. The highest BCUT2D eigenvalue weighted by Gasteiger charge is 2.36. The molecule has 1 unspecified atom stereocenters. The molecule has 4 nitrogen and oxygen atoms in total. The number of thiazole rings is 1. The molecule has 0 saturated carbocycles. The topological polar surface area (TPSA) is 54.2 Å². The molecule has 96 valence electrons. The summed E-state index contributed by atoms with van der Waals surface area (Å²) in [5.74, 6) is 5.75. The minimum Gasteiger partial charge on any atom is -0.297 e. The lowest BCUT2D eigenvalue weighted by molar-refractivity contribution is 0.107. The van der Waals surface area contributed by atoms with Gasteiger partial charge in [-0.3, -0.25) is 21.2 Å². The predicted molar refractivity (Wildman–Crippen MR) is 71.8 cm³/mol. The Morgan fingerprint density at radius 3 is 2.76 bits per heavy atom. The van der Waals surface area contributed by atoms with Gasteiger partial charge in [0.2, 0.25) is 0 Å². The van der Waals surface area contributed by atoms with Gasteiger partial charge in [0.1, 0.15) is 0 Å². The summed E-state index contributed by atoms with van der Waals surface area (Å²) < 4.78 is 0. The Kier molecular flexibility index (Phi) is 4.14. The molecule has 1 fully saturated rings. The Morgan fingerprint density at radius 1 is 1.53 bits per heavy atom. The fourth-order valence-corrected chi connectivity index (χ4v) is 3.21. The number of nitrogens with zero attached hydrogens (tertiary/aromatic N) is 2. The van der Waals surface area contributed by atoms with E-state index in [9.17, 15) is 0 Å². The fourth-order valence-electron chi connectivity index (χ4n) is 2.57. The molecule has 2 heterocycles. The number of hydrogen-bond donors (Lipinski definition) is 2. The van der Waals surface area contributed by atoms with E-state index in [1.54, 1.807) is 11.3 Å². The van der Waals surface area contributed by atoms with Crippen LogP contribution >= 0.6 is 11.3 Å². The Bertz CT molecular complexity index is 330. The number of rotatable bonds is 5. The number of nitrogens with two attached hydrogens (primary N) is 1. The van der Waals surface area contributed by atoms with Gasteiger partial charge in [0.15, 0.2) is 0 Å². The van der Waals surface area contributed by atoms with E-state index >= 15 is 0 Å². The third-order valence-electron chi connectivity index (χ3n) is 3.86.